The zero-order valence-electron chi connectivity index (χ0n) is 22.8. The fourth-order valence-electron chi connectivity index (χ4n) is 6.66. The lowest BCUT2D eigenvalue weighted by molar-refractivity contribution is 1.02. The lowest BCUT2D eigenvalue weighted by Crippen LogP contribution is -2.02. The molecule has 0 aliphatic rings. The second-order valence-corrected chi connectivity index (χ2v) is 13.1. The van der Waals surface area contributed by atoms with Crippen LogP contribution in [0.4, 0.5) is 0 Å². The van der Waals surface area contributed by atoms with E-state index in [4.69, 9.17) is 9.97 Å². The highest BCUT2D eigenvalue weighted by atomic mass is 32.1. The van der Waals surface area contributed by atoms with Crippen molar-refractivity contribution < 1.29 is 0 Å². The standard InChI is InChI=1S/C38H21N3S2/c1-2-10-22(11-3-1)34-37-35(27-14-6-9-17-33(27)43-37)40-38(39-34)41-30-15-7-4-12-24(30)29-21-28-23(20-31(29)41)18-19-26-25-13-5-8-16-32(25)42-36(26)28/h1-21H. The summed E-state index contributed by atoms with van der Waals surface area (Å²) in [7, 11) is 0. The summed E-state index contributed by atoms with van der Waals surface area (Å²) in [5, 5.41) is 8.75. The second-order valence-electron chi connectivity index (χ2n) is 11.0. The predicted octanol–water partition coefficient (Wildman–Crippen LogP) is 11.1. The van der Waals surface area contributed by atoms with Gasteiger partial charge in [-0.1, -0.05) is 97.1 Å². The number of hydrogen-bond acceptors (Lipinski definition) is 4. The first-order valence-corrected chi connectivity index (χ1v) is 16.0. The number of nitrogens with zero attached hydrogens (tertiary/aromatic N) is 3. The van der Waals surface area contributed by atoms with Gasteiger partial charge in [0, 0.05) is 52.0 Å². The summed E-state index contributed by atoms with van der Waals surface area (Å²) < 4.78 is 7.27. The smallest absolute Gasteiger partial charge is 0.235 e. The maximum Gasteiger partial charge on any atom is 0.235 e. The number of aromatic nitrogens is 3. The molecule has 0 aliphatic heterocycles. The second kappa shape index (κ2) is 8.71. The Bertz CT molecular complexity index is 2730. The third-order valence-corrected chi connectivity index (χ3v) is 11.0. The molecule has 0 spiro atoms. The third kappa shape index (κ3) is 3.29. The molecule has 4 heterocycles. The first-order valence-electron chi connectivity index (χ1n) is 14.3. The van der Waals surface area contributed by atoms with Crippen LogP contribution in [-0.2, 0) is 0 Å². The molecule has 6 aromatic carbocycles. The fourth-order valence-corrected chi connectivity index (χ4v) is 9.04. The first-order chi connectivity index (χ1) is 21.3. The number of thiophene rings is 2. The minimum Gasteiger partial charge on any atom is -0.278 e. The summed E-state index contributed by atoms with van der Waals surface area (Å²) in [6.45, 7) is 0. The molecular formula is C38H21N3S2. The van der Waals surface area contributed by atoms with E-state index in [-0.39, 0.29) is 0 Å². The molecule has 0 fully saturated rings. The molecule has 0 bridgehead atoms. The summed E-state index contributed by atoms with van der Waals surface area (Å²) in [5.41, 5.74) is 5.30. The molecule has 5 heteroatoms. The first kappa shape index (κ1) is 23.5. The van der Waals surface area contributed by atoms with Crippen LogP contribution >= 0.6 is 22.7 Å². The summed E-state index contributed by atoms with van der Waals surface area (Å²) in [6.07, 6.45) is 0. The van der Waals surface area contributed by atoms with Crippen LogP contribution in [0.3, 0.4) is 0 Å². The van der Waals surface area contributed by atoms with Crippen LogP contribution in [0.25, 0.3) is 90.3 Å². The Morgan fingerprint density at radius 2 is 1.16 bits per heavy atom. The highest BCUT2D eigenvalue weighted by Gasteiger charge is 2.20. The Morgan fingerprint density at radius 3 is 2.02 bits per heavy atom. The number of para-hydroxylation sites is 1. The van der Waals surface area contributed by atoms with Gasteiger partial charge in [-0.3, -0.25) is 4.57 Å². The molecule has 0 N–H and O–H groups in total. The monoisotopic (exact) mass is 583 g/mol. The molecular weight excluding hydrogens is 563 g/mol. The highest BCUT2D eigenvalue weighted by Crippen LogP contribution is 2.43. The maximum atomic E-state index is 5.33. The van der Waals surface area contributed by atoms with Gasteiger partial charge >= 0.3 is 0 Å². The van der Waals surface area contributed by atoms with Crippen LogP contribution in [0, 0.1) is 0 Å². The van der Waals surface area contributed by atoms with E-state index in [0.717, 1.165) is 32.5 Å². The van der Waals surface area contributed by atoms with E-state index in [1.807, 2.05) is 11.3 Å². The molecule has 0 unspecified atom stereocenters. The molecule has 3 nitrogen and oxygen atoms in total. The van der Waals surface area contributed by atoms with Crippen molar-refractivity contribution in [3.63, 3.8) is 0 Å². The van der Waals surface area contributed by atoms with E-state index in [0.29, 0.717) is 5.95 Å². The predicted molar refractivity (Wildman–Crippen MR) is 185 cm³/mol. The van der Waals surface area contributed by atoms with E-state index in [9.17, 15) is 0 Å². The van der Waals surface area contributed by atoms with Gasteiger partial charge < -0.3 is 0 Å². The van der Waals surface area contributed by atoms with Gasteiger partial charge in [-0.15, -0.1) is 22.7 Å². The van der Waals surface area contributed by atoms with Crippen molar-refractivity contribution >= 4 is 95.7 Å². The summed E-state index contributed by atoms with van der Waals surface area (Å²) in [5.74, 6) is 0.698. The number of benzene rings is 6. The summed E-state index contributed by atoms with van der Waals surface area (Å²) >= 11 is 3.65. The van der Waals surface area contributed by atoms with Crippen molar-refractivity contribution in [1.29, 1.82) is 0 Å². The Labute approximate surface area is 253 Å². The Kier molecular flexibility index (Phi) is 4.75. The lowest BCUT2D eigenvalue weighted by Gasteiger charge is -2.10. The fraction of sp³-hybridized carbons (Fsp3) is 0. The van der Waals surface area contributed by atoms with Crippen molar-refractivity contribution in [2.45, 2.75) is 0 Å². The molecule has 0 aliphatic carbocycles. The molecule has 0 radical (unpaired) electrons. The minimum absolute atomic E-state index is 0.698. The lowest BCUT2D eigenvalue weighted by atomic mass is 10.0. The van der Waals surface area contributed by atoms with Gasteiger partial charge in [0.1, 0.15) is 0 Å². The third-order valence-electron chi connectivity index (χ3n) is 8.61. The minimum atomic E-state index is 0.698. The van der Waals surface area contributed by atoms with Crippen LogP contribution in [0.5, 0.6) is 0 Å². The average Bonchev–Trinajstić information content (AvgIpc) is 3.73. The Balaban J connectivity index is 1.34. The van der Waals surface area contributed by atoms with Crippen molar-refractivity contribution in [3.05, 3.63) is 127 Å². The normalized spacial score (nSPS) is 12.2. The molecule has 10 aromatic rings. The van der Waals surface area contributed by atoms with E-state index in [2.05, 4.69) is 132 Å². The SMILES string of the molecule is c1ccc(-c2nc(-n3c4ccccc4c4cc5c(ccc6c7ccccc7sc56)cc43)nc3c2sc2ccccc23)cc1. The van der Waals surface area contributed by atoms with E-state index in [1.54, 1.807) is 11.3 Å². The quantitative estimate of drug-likeness (QED) is 0.203. The van der Waals surface area contributed by atoms with Gasteiger partial charge in [0.2, 0.25) is 5.95 Å². The number of rotatable bonds is 2. The van der Waals surface area contributed by atoms with Crippen LogP contribution in [-0.4, -0.2) is 14.5 Å². The van der Waals surface area contributed by atoms with Crippen molar-refractivity contribution in [3.8, 4) is 17.2 Å². The van der Waals surface area contributed by atoms with Crippen LogP contribution in [0.1, 0.15) is 0 Å². The van der Waals surface area contributed by atoms with Gasteiger partial charge in [0.15, 0.2) is 0 Å². The molecule has 0 saturated heterocycles. The van der Waals surface area contributed by atoms with Gasteiger partial charge in [0.25, 0.3) is 0 Å². The largest absolute Gasteiger partial charge is 0.278 e. The van der Waals surface area contributed by atoms with Gasteiger partial charge in [-0.05, 0) is 35.7 Å². The Morgan fingerprint density at radius 1 is 0.465 bits per heavy atom. The Hall–Kier alpha value is -5.10. The molecule has 0 saturated carbocycles. The van der Waals surface area contributed by atoms with E-state index < -0.39 is 0 Å². The molecule has 0 amide bonds. The van der Waals surface area contributed by atoms with E-state index in [1.165, 1.54) is 51.8 Å². The summed E-state index contributed by atoms with van der Waals surface area (Å²) in [4.78, 5) is 10.6. The average molecular weight is 584 g/mol. The molecule has 10 rings (SSSR count). The summed E-state index contributed by atoms with van der Waals surface area (Å²) in [6, 6.07) is 45.7. The zero-order valence-corrected chi connectivity index (χ0v) is 24.4. The van der Waals surface area contributed by atoms with Crippen LogP contribution in [0.15, 0.2) is 127 Å². The molecule has 0 atom stereocenters. The molecule has 4 aromatic heterocycles. The molecule has 43 heavy (non-hydrogen) atoms. The topological polar surface area (TPSA) is 30.7 Å². The highest BCUT2D eigenvalue weighted by molar-refractivity contribution is 7.27. The zero-order chi connectivity index (χ0) is 28.1. The van der Waals surface area contributed by atoms with E-state index >= 15 is 0 Å². The van der Waals surface area contributed by atoms with Crippen molar-refractivity contribution in [2.75, 3.05) is 0 Å². The van der Waals surface area contributed by atoms with Crippen molar-refractivity contribution in [2.24, 2.45) is 0 Å². The van der Waals surface area contributed by atoms with Crippen LogP contribution in [0.2, 0.25) is 0 Å². The van der Waals surface area contributed by atoms with Gasteiger partial charge in [-0.25, -0.2) is 9.97 Å². The van der Waals surface area contributed by atoms with Crippen LogP contribution < -0.4 is 0 Å². The number of hydrogen-bond donors (Lipinski definition) is 0. The molecule has 200 valence electrons. The van der Waals surface area contributed by atoms with Gasteiger partial charge in [0.05, 0.1) is 26.9 Å². The van der Waals surface area contributed by atoms with Gasteiger partial charge in [-0.2, -0.15) is 0 Å². The maximum absolute atomic E-state index is 5.33. The number of fused-ring (bicyclic) bond motifs is 11. The van der Waals surface area contributed by atoms with Crippen molar-refractivity contribution in [1.82, 2.24) is 14.5 Å².